The fourth-order valence-electron chi connectivity index (χ4n) is 2.41. The molecule has 1 aromatic carbocycles. The quantitative estimate of drug-likeness (QED) is 0.738. The zero-order valence-corrected chi connectivity index (χ0v) is 13.0. The summed E-state index contributed by atoms with van der Waals surface area (Å²) in [6, 6.07) is 8.45. The molecular weight excluding hydrogens is 258 g/mol. The molecule has 0 aliphatic carbocycles. The Hall–Kier alpha value is -0.570. The minimum absolute atomic E-state index is 0.272. The molecule has 0 saturated heterocycles. The van der Waals surface area contributed by atoms with Crippen LogP contribution in [0.25, 0.3) is 0 Å². The molecule has 2 nitrogen and oxygen atoms in total. The van der Waals surface area contributed by atoms with Gasteiger partial charge in [0, 0.05) is 17.7 Å². The van der Waals surface area contributed by atoms with E-state index in [9.17, 15) is 0 Å². The topological polar surface area (TPSA) is 21.3 Å². The lowest BCUT2D eigenvalue weighted by atomic mass is 9.98. The number of benzene rings is 1. The number of ether oxygens (including phenoxy) is 1. The van der Waals surface area contributed by atoms with Crippen LogP contribution >= 0.6 is 11.6 Å². The zero-order valence-electron chi connectivity index (χ0n) is 12.3. The minimum Gasteiger partial charge on any atom is -0.377 e. The highest BCUT2D eigenvalue weighted by atomic mass is 35.5. The van der Waals surface area contributed by atoms with Gasteiger partial charge in [-0.05, 0) is 44.0 Å². The molecule has 0 aromatic heterocycles. The van der Waals surface area contributed by atoms with Crippen molar-refractivity contribution in [2.45, 2.75) is 52.2 Å². The van der Waals surface area contributed by atoms with Gasteiger partial charge in [0.1, 0.15) is 0 Å². The summed E-state index contributed by atoms with van der Waals surface area (Å²) >= 11 is 6.06. The van der Waals surface area contributed by atoms with E-state index in [0.717, 1.165) is 37.4 Å². The second-order valence-corrected chi connectivity index (χ2v) is 5.22. The summed E-state index contributed by atoms with van der Waals surface area (Å²) in [7, 11) is 0. The number of nitrogens with one attached hydrogen (secondary N) is 1. The first-order chi connectivity index (χ1) is 9.21. The van der Waals surface area contributed by atoms with Crippen molar-refractivity contribution in [1.82, 2.24) is 5.32 Å². The van der Waals surface area contributed by atoms with Gasteiger partial charge < -0.3 is 10.1 Å². The molecule has 3 heteroatoms. The maximum absolute atomic E-state index is 6.06. The van der Waals surface area contributed by atoms with Crippen LogP contribution in [0.1, 0.15) is 39.2 Å². The van der Waals surface area contributed by atoms with Crippen LogP contribution in [0, 0.1) is 0 Å². The molecule has 0 saturated carbocycles. The molecule has 2 unspecified atom stereocenters. The van der Waals surface area contributed by atoms with Gasteiger partial charge in [0.25, 0.3) is 0 Å². The molecule has 19 heavy (non-hydrogen) atoms. The van der Waals surface area contributed by atoms with Crippen LogP contribution in [0.2, 0.25) is 5.02 Å². The molecule has 0 bridgehead atoms. The van der Waals surface area contributed by atoms with Crippen molar-refractivity contribution in [3.63, 3.8) is 0 Å². The van der Waals surface area contributed by atoms with E-state index in [1.54, 1.807) is 0 Å². The van der Waals surface area contributed by atoms with Gasteiger partial charge in [-0.15, -0.1) is 0 Å². The summed E-state index contributed by atoms with van der Waals surface area (Å²) in [5.41, 5.74) is 1.26. The minimum atomic E-state index is 0.272. The molecule has 2 atom stereocenters. The summed E-state index contributed by atoms with van der Waals surface area (Å²) in [6.45, 7) is 8.13. The van der Waals surface area contributed by atoms with E-state index in [1.807, 2.05) is 18.2 Å². The second-order valence-electron chi connectivity index (χ2n) is 4.78. The summed E-state index contributed by atoms with van der Waals surface area (Å²) in [5.74, 6) is 0. The molecule has 0 heterocycles. The Morgan fingerprint density at radius 1 is 1.26 bits per heavy atom. The maximum atomic E-state index is 6.06. The lowest BCUT2D eigenvalue weighted by molar-refractivity contribution is 0.0285. The molecule has 0 radical (unpaired) electrons. The molecule has 1 aromatic rings. The third-order valence-electron chi connectivity index (χ3n) is 3.21. The zero-order chi connectivity index (χ0) is 14.1. The van der Waals surface area contributed by atoms with Crippen molar-refractivity contribution in [1.29, 1.82) is 0 Å². The van der Waals surface area contributed by atoms with Crippen molar-refractivity contribution in [3.8, 4) is 0 Å². The Bertz CT molecular complexity index is 350. The number of hydrogen-bond acceptors (Lipinski definition) is 2. The number of halogens is 1. The normalized spacial score (nSPS) is 14.3. The van der Waals surface area contributed by atoms with E-state index in [2.05, 4.69) is 32.2 Å². The smallest absolute Gasteiger partial charge is 0.0731 e. The Balaban J connectivity index is 2.74. The molecule has 0 fully saturated rings. The highest BCUT2D eigenvalue weighted by molar-refractivity contribution is 6.30. The Labute approximate surface area is 122 Å². The van der Waals surface area contributed by atoms with Crippen LogP contribution in [0.15, 0.2) is 24.3 Å². The first-order valence-corrected chi connectivity index (χ1v) is 7.68. The summed E-state index contributed by atoms with van der Waals surface area (Å²) in [5, 5.41) is 4.35. The number of rotatable bonds is 9. The Kier molecular flexibility index (Phi) is 8.11. The highest BCUT2D eigenvalue weighted by Gasteiger charge is 2.20. The van der Waals surface area contributed by atoms with E-state index in [4.69, 9.17) is 16.3 Å². The molecule has 0 spiro atoms. The molecule has 108 valence electrons. The molecule has 0 aliphatic rings. The average Bonchev–Trinajstić information content (AvgIpc) is 2.38. The summed E-state index contributed by atoms with van der Waals surface area (Å²) in [6.07, 6.45) is 3.46. The standard InChI is InChI=1S/C16H26ClNO/c1-4-8-16(19-6-3)15(18-5-2)12-13-9-7-10-14(17)11-13/h7,9-11,15-16,18H,4-6,8,12H2,1-3H3. The van der Waals surface area contributed by atoms with Gasteiger partial charge in [-0.25, -0.2) is 0 Å². The van der Waals surface area contributed by atoms with Crippen LogP contribution in [0.5, 0.6) is 0 Å². The van der Waals surface area contributed by atoms with Gasteiger partial charge in [0.15, 0.2) is 0 Å². The first-order valence-electron chi connectivity index (χ1n) is 7.30. The third-order valence-corrected chi connectivity index (χ3v) is 3.45. The molecule has 0 amide bonds. The van der Waals surface area contributed by atoms with Crippen molar-refractivity contribution >= 4 is 11.6 Å². The van der Waals surface area contributed by atoms with Crippen molar-refractivity contribution in [2.75, 3.05) is 13.2 Å². The van der Waals surface area contributed by atoms with Crippen LogP contribution in [-0.2, 0) is 11.2 Å². The lowest BCUT2D eigenvalue weighted by Crippen LogP contribution is -2.43. The van der Waals surface area contributed by atoms with E-state index in [0.29, 0.717) is 6.04 Å². The third kappa shape index (κ3) is 5.94. The Morgan fingerprint density at radius 2 is 2.05 bits per heavy atom. The second kappa shape index (κ2) is 9.35. The van der Waals surface area contributed by atoms with E-state index >= 15 is 0 Å². The Morgan fingerprint density at radius 3 is 2.63 bits per heavy atom. The SMILES string of the molecule is CCCC(OCC)C(Cc1cccc(Cl)c1)NCC. The monoisotopic (exact) mass is 283 g/mol. The van der Waals surface area contributed by atoms with Gasteiger partial charge in [-0.3, -0.25) is 0 Å². The van der Waals surface area contributed by atoms with Crippen molar-refractivity contribution < 1.29 is 4.74 Å². The van der Waals surface area contributed by atoms with Gasteiger partial charge in [-0.2, -0.15) is 0 Å². The van der Waals surface area contributed by atoms with Gasteiger partial charge in [0.2, 0.25) is 0 Å². The van der Waals surface area contributed by atoms with Crippen LogP contribution < -0.4 is 5.32 Å². The van der Waals surface area contributed by atoms with E-state index in [1.165, 1.54) is 5.56 Å². The van der Waals surface area contributed by atoms with Crippen molar-refractivity contribution in [2.24, 2.45) is 0 Å². The summed E-state index contributed by atoms with van der Waals surface area (Å²) in [4.78, 5) is 0. The van der Waals surface area contributed by atoms with Gasteiger partial charge in [-0.1, -0.05) is 44.0 Å². The number of likely N-dealkylation sites (N-methyl/N-ethyl adjacent to an activating group) is 1. The summed E-state index contributed by atoms with van der Waals surface area (Å²) < 4.78 is 5.90. The van der Waals surface area contributed by atoms with Crippen LogP contribution in [0.4, 0.5) is 0 Å². The molecule has 1 rings (SSSR count). The maximum Gasteiger partial charge on any atom is 0.0731 e. The predicted molar refractivity (Wildman–Crippen MR) is 82.9 cm³/mol. The van der Waals surface area contributed by atoms with E-state index in [-0.39, 0.29) is 6.10 Å². The lowest BCUT2D eigenvalue weighted by Gasteiger charge is -2.27. The van der Waals surface area contributed by atoms with Gasteiger partial charge in [0.05, 0.1) is 6.10 Å². The highest BCUT2D eigenvalue weighted by Crippen LogP contribution is 2.16. The number of hydrogen-bond donors (Lipinski definition) is 1. The van der Waals surface area contributed by atoms with Gasteiger partial charge >= 0.3 is 0 Å². The average molecular weight is 284 g/mol. The van der Waals surface area contributed by atoms with Crippen LogP contribution in [-0.4, -0.2) is 25.3 Å². The van der Waals surface area contributed by atoms with Crippen molar-refractivity contribution in [3.05, 3.63) is 34.9 Å². The van der Waals surface area contributed by atoms with Crippen LogP contribution in [0.3, 0.4) is 0 Å². The predicted octanol–water partition coefficient (Wildman–Crippen LogP) is 4.07. The first kappa shape index (κ1) is 16.5. The fourth-order valence-corrected chi connectivity index (χ4v) is 2.63. The molecule has 0 aliphatic heterocycles. The fraction of sp³-hybridized carbons (Fsp3) is 0.625. The van der Waals surface area contributed by atoms with E-state index < -0.39 is 0 Å². The molecular formula is C16H26ClNO. The molecule has 1 N–H and O–H groups in total. The largest absolute Gasteiger partial charge is 0.377 e.